The zero-order valence-corrected chi connectivity index (χ0v) is 16.6. The Hall–Kier alpha value is -2.54. The molecule has 0 heterocycles. The third-order valence-corrected chi connectivity index (χ3v) is 8.29. The van der Waals surface area contributed by atoms with E-state index in [0.29, 0.717) is 12.8 Å². The summed E-state index contributed by atoms with van der Waals surface area (Å²) in [5.41, 5.74) is 0.541. The second-order valence-electron chi connectivity index (χ2n) is 7.44. The standard InChI is InChI=1S/C22H22F2O4S/c1-2-15-3-6-18(7-4-15)29(27,28)22(19-14-17(23)5-8-20(19)24)11-9-16(10-12-22)13-21(25)26/h2-8,14,16H,1,9-13H2,(H,25,26). The van der Waals surface area contributed by atoms with Crippen molar-refractivity contribution in [3.05, 3.63) is 71.8 Å². The number of carboxylic acid groups (broad SMARTS) is 1. The van der Waals surface area contributed by atoms with E-state index < -0.39 is 32.2 Å². The number of benzene rings is 2. The lowest BCUT2D eigenvalue weighted by Gasteiger charge is -2.40. The Morgan fingerprint density at radius 1 is 1.14 bits per heavy atom. The molecule has 154 valence electrons. The van der Waals surface area contributed by atoms with Crippen molar-refractivity contribution in [3.63, 3.8) is 0 Å². The Bertz CT molecular complexity index is 1020. The minimum Gasteiger partial charge on any atom is -0.481 e. The highest BCUT2D eigenvalue weighted by molar-refractivity contribution is 7.92. The predicted octanol–water partition coefficient (Wildman–Crippen LogP) is 4.94. The SMILES string of the molecule is C=Cc1ccc(S(=O)(=O)C2(c3cc(F)ccc3F)CCC(CC(=O)O)CC2)cc1. The number of hydrogen-bond acceptors (Lipinski definition) is 3. The van der Waals surface area contributed by atoms with Crippen LogP contribution >= 0.6 is 0 Å². The van der Waals surface area contributed by atoms with Gasteiger partial charge >= 0.3 is 5.97 Å². The van der Waals surface area contributed by atoms with Crippen LogP contribution in [0.2, 0.25) is 0 Å². The minimum absolute atomic E-state index is 0.0171. The Morgan fingerprint density at radius 3 is 2.31 bits per heavy atom. The highest BCUT2D eigenvalue weighted by Crippen LogP contribution is 2.49. The zero-order chi connectivity index (χ0) is 21.2. The number of halogens is 2. The molecule has 1 N–H and O–H groups in total. The molecule has 7 heteroatoms. The van der Waals surface area contributed by atoms with Crippen molar-refractivity contribution in [2.45, 2.75) is 41.7 Å². The number of rotatable bonds is 6. The number of carboxylic acids is 1. The summed E-state index contributed by atoms with van der Waals surface area (Å²) in [5, 5.41) is 9.04. The van der Waals surface area contributed by atoms with E-state index in [9.17, 15) is 22.0 Å². The molecular formula is C22H22F2O4S. The molecule has 2 aromatic rings. The highest BCUT2D eigenvalue weighted by atomic mass is 32.2. The van der Waals surface area contributed by atoms with Crippen LogP contribution in [0.15, 0.2) is 53.9 Å². The molecule has 1 saturated carbocycles. The lowest BCUT2D eigenvalue weighted by molar-refractivity contribution is -0.138. The first kappa shape index (κ1) is 21.2. The molecule has 0 radical (unpaired) electrons. The van der Waals surface area contributed by atoms with Crippen molar-refractivity contribution >= 4 is 21.9 Å². The lowest BCUT2D eigenvalue weighted by Crippen LogP contribution is -2.41. The largest absolute Gasteiger partial charge is 0.481 e. The van der Waals surface area contributed by atoms with E-state index in [1.54, 1.807) is 18.2 Å². The van der Waals surface area contributed by atoms with Crippen molar-refractivity contribution in [1.82, 2.24) is 0 Å². The monoisotopic (exact) mass is 420 g/mol. The van der Waals surface area contributed by atoms with Crippen LogP contribution in [0.25, 0.3) is 6.08 Å². The van der Waals surface area contributed by atoms with Gasteiger partial charge in [0.1, 0.15) is 16.4 Å². The predicted molar refractivity (Wildman–Crippen MR) is 106 cm³/mol. The third-order valence-electron chi connectivity index (χ3n) is 5.74. The van der Waals surface area contributed by atoms with E-state index in [2.05, 4.69) is 6.58 Å². The topological polar surface area (TPSA) is 71.4 Å². The van der Waals surface area contributed by atoms with Crippen LogP contribution in [0.5, 0.6) is 0 Å². The molecule has 1 fully saturated rings. The van der Waals surface area contributed by atoms with Gasteiger partial charge in [-0.15, -0.1) is 0 Å². The van der Waals surface area contributed by atoms with Gasteiger partial charge in [0.2, 0.25) is 0 Å². The average Bonchev–Trinajstić information content (AvgIpc) is 2.70. The zero-order valence-electron chi connectivity index (χ0n) is 15.8. The van der Waals surface area contributed by atoms with E-state index in [4.69, 9.17) is 5.11 Å². The number of hydrogen-bond donors (Lipinski definition) is 1. The van der Waals surface area contributed by atoms with Crippen LogP contribution in [0.4, 0.5) is 8.78 Å². The fraction of sp³-hybridized carbons (Fsp3) is 0.318. The Balaban J connectivity index is 2.11. The average molecular weight is 420 g/mol. The molecule has 0 bridgehead atoms. The van der Waals surface area contributed by atoms with Gasteiger partial charge in [-0.05, 0) is 67.5 Å². The van der Waals surface area contributed by atoms with Gasteiger partial charge in [0.25, 0.3) is 0 Å². The molecule has 0 aromatic heterocycles. The minimum atomic E-state index is -4.08. The van der Waals surface area contributed by atoms with Gasteiger partial charge in [-0.2, -0.15) is 0 Å². The van der Waals surface area contributed by atoms with Crippen molar-refractivity contribution < 1.29 is 27.1 Å². The van der Waals surface area contributed by atoms with E-state index in [1.807, 2.05) is 0 Å². The van der Waals surface area contributed by atoms with Crippen LogP contribution in [0.3, 0.4) is 0 Å². The summed E-state index contributed by atoms with van der Waals surface area (Å²) in [4.78, 5) is 11.1. The summed E-state index contributed by atoms with van der Waals surface area (Å²) in [5.74, 6) is -2.65. The van der Waals surface area contributed by atoms with Gasteiger partial charge in [-0.3, -0.25) is 4.79 Å². The van der Waals surface area contributed by atoms with Crippen molar-refractivity contribution in [2.24, 2.45) is 5.92 Å². The van der Waals surface area contributed by atoms with Gasteiger partial charge in [-0.25, -0.2) is 17.2 Å². The first-order chi connectivity index (χ1) is 13.7. The van der Waals surface area contributed by atoms with Gasteiger partial charge < -0.3 is 5.11 Å². The van der Waals surface area contributed by atoms with Crippen LogP contribution in [-0.2, 0) is 19.4 Å². The number of aliphatic carboxylic acids is 1. The molecule has 3 rings (SSSR count). The van der Waals surface area contributed by atoms with Crippen LogP contribution in [0, 0.1) is 17.6 Å². The third kappa shape index (κ3) is 3.96. The fourth-order valence-corrected chi connectivity index (χ4v) is 6.30. The smallest absolute Gasteiger partial charge is 0.303 e. The molecule has 0 aliphatic heterocycles. The summed E-state index contributed by atoms with van der Waals surface area (Å²) >= 11 is 0. The summed E-state index contributed by atoms with van der Waals surface area (Å²) in [6.45, 7) is 3.64. The summed E-state index contributed by atoms with van der Waals surface area (Å²) in [7, 11) is -4.08. The van der Waals surface area contributed by atoms with Crippen molar-refractivity contribution in [3.8, 4) is 0 Å². The Morgan fingerprint density at radius 2 is 1.76 bits per heavy atom. The van der Waals surface area contributed by atoms with Crippen molar-refractivity contribution in [2.75, 3.05) is 0 Å². The molecule has 0 saturated heterocycles. The molecule has 0 spiro atoms. The van der Waals surface area contributed by atoms with E-state index in [1.165, 1.54) is 12.1 Å². The van der Waals surface area contributed by atoms with E-state index in [0.717, 1.165) is 23.8 Å². The fourth-order valence-electron chi connectivity index (χ4n) is 4.13. The summed E-state index contributed by atoms with van der Waals surface area (Å²) < 4.78 is 54.4. The van der Waals surface area contributed by atoms with Gasteiger partial charge in [0.05, 0.1) is 4.90 Å². The van der Waals surface area contributed by atoms with Crippen LogP contribution in [0.1, 0.15) is 43.2 Å². The molecule has 0 atom stereocenters. The lowest BCUT2D eigenvalue weighted by atomic mass is 9.76. The maximum absolute atomic E-state index is 14.7. The van der Waals surface area contributed by atoms with Gasteiger partial charge in [0, 0.05) is 12.0 Å². The summed E-state index contributed by atoms with van der Waals surface area (Å²) in [6, 6.07) is 8.92. The molecule has 29 heavy (non-hydrogen) atoms. The second kappa shape index (κ2) is 8.06. The molecule has 1 aliphatic rings. The summed E-state index contributed by atoms with van der Waals surface area (Å²) in [6.07, 6.45) is 2.15. The van der Waals surface area contributed by atoms with E-state index >= 15 is 0 Å². The Labute approximate surface area is 168 Å². The van der Waals surface area contributed by atoms with Gasteiger partial charge in [-0.1, -0.05) is 24.8 Å². The molecule has 1 aliphatic carbocycles. The van der Waals surface area contributed by atoms with Crippen LogP contribution in [-0.4, -0.2) is 19.5 Å². The van der Waals surface area contributed by atoms with E-state index in [-0.39, 0.29) is 35.6 Å². The molecule has 0 unspecified atom stereocenters. The Kier molecular flexibility index (Phi) is 5.89. The molecule has 2 aromatic carbocycles. The first-order valence-electron chi connectivity index (χ1n) is 9.34. The maximum Gasteiger partial charge on any atom is 0.303 e. The number of sulfone groups is 1. The van der Waals surface area contributed by atoms with Crippen LogP contribution < -0.4 is 0 Å². The van der Waals surface area contributed by atoms with Crippen molar-refractivity contribution in [1.29, 1.82) is 0 Å². The number of carbonyl (C=O) groups is 1. The molecular weight excluding hydrogens is 398 g/mol. The second-order valence-corrected chi connectivity index (χ2v) is 9.70. The first-order valence-corrected chi connectivity index (χ1v) is 10.8. The molecule has 4 nitrogen and oxygen atoms in total. The quantitative estimate of drug-likeness (QED) is 0.718. The van der Waals surface area contributed by atoms with Gasteiger partial charge in [0.15, 0.2) is 9.84 Å². The maximum atomic E-state index is 14.7. The highest BCUT2D eigenvalue weighted by Gasteiger charge is 2.50. The normalized spacial score (nSPS) is 22.2. The molecule has 0 amide bonds.